The van der Waals surface area contributed by atoms with Gasteiger partial charge in [0, 0.05) is 29.7 Å². The Balaban J connectivity index is 1.61. The van der Waals surface area contributed by atoms with Gasteiger partial charge in [-0.15, -0.1) is 0 Å². The summed E-state index contributed by atoms with van der Waals surface area (Å²) in [4.78, 5) is 17.1. The van der Waals surface area contributed by atoms with Crippen LogP contribution in [-0.2, 0) is 0 Å². The number of hydrogen-bond donors (Lipinski definition) is 1. The van der Waals surface area contributed by atoms with Gasteiger partial charge in [-0.1, -0.05) is 59.1 Å². The lowest BCUT2D eigenvalue weighted by atomic mass is 10.0. The Morgan fingerprint density at radius 3 is 2.41 bits per heavy atom. The molecular formula is C24H22Cl3N3O2. The van der Waals surface area contributed by atoms with Gasteiger partial charge in [-0.25, -0.2) is 4.79 Å². The number of carbonyl (C=O) groups excluding carboxylic acids is 1. The predicted molar refractivity (Wildman–Crippen MR) is 132 cm³/mol. The molecule has 1 saturated heterocycles. The topological polar surface area (TPSA) is 44.8 Å². The number of benzene rings is 3. The van der Waals surface area contributed by atoms with Crippen molar-refractivity contribution in [2.45, 2.75) is 6.04 Å². The first-order valence-corrected chi connectivity index (χ1v) is 11.3. The minimum atomic E-state index is -0.185. The molecule has 0 spiro atoms. The first kappa shape index (κ1) is 22.6. The zero-order chi connectivity index (χ0) is 22.7. The quantitative estimate of drug-likeness (QED) is 0.440. The highest BCUT2D eigenvalue weighted by Crippen LogP contribution is 2.37. The van der Waals surface area contributed by atoms with E-state index in [2.05, 4.69) is 10.2 Å². The van der Waals surface area contributed by atoms with Crippen molar-refractivity contribution in [2.24, 2.45) is 0 Å². The molecule has 1 unspecified atom stereocenters. The number of anilines is 2. The lowest BCUT2D eigenvalue weighted by Crippen LogP contribution is -2.51. The van der Waals surface area contributed by atoms with Crippen molar-refractivity contribution in [1.82, 2.24) is 4.90 Å². The molecule has 1 aliphatic heterocycles. The van der Waals surface area contributed by atoms with Crippen molar-refractivity contribution in [3.8, 4) is 5.75 Å². The van der Waals surface area contributed by atoms with Crippen molar-refractivity contribution in [3.63, 3.8) is 0 Å². The number of rotatable bonds is 4. The van der Waals surface area contributed by atoms with E-state index in [0.29, 0.717) is 46.1 Å². The molecule has 8 heteroatoms. The van der Waals surface area contributed by atoms with Gasteiger partial charge in [0.1, 0.15) is 5.75 Å². The Bertz CT molecular complexity index is 1110. The van der Waals surface area contributed by atoms with Crippen LogP contribution in [0.4, 0.5) is 16.2 Å². The smallest absolute Gasteiger partial charge is 0.322 e. The summed E-state index contributed by atoms with van der Waals surface area (Å²) in [5.41, 5.74) is 2.54. The van der Waals surface area contributed by atoms with Crippen LogP contribution < -0.4 is 15.0 Å². The number of hydrogen-bond acceptors (Lipinski definition) is 3. The summed E-state index contributed by atoms with van der Waals surface area (Å²) in [6.45, 7) is 1.61. The van der Waals surface area contributed by atoms with Gasteiger partial charge in [-0.05, 0) is 48.0 Å². The van der Waals surface area contributed by atoms with Crippen LogP contribution in [-0.4, -0.2) is 37.7 Å². The van der Waals surface area contributed by atoms with Gasteiger partial charge in [0.25, 0.3) is 0 Å². The minimum absolute atomic E-state index is 0.108. The molecule has 1 atom stereocenters. The fraction of sp³-hybridized carbons (Fsp3) is 0.208. The molecule has 0 saturated carbocycles. The third kappa shape index (κ3) is 4.90. The van der Waals surface area contributed by atoms with Crippen molar-refractivity contribution in [2.75, 3.05) is 37.0 Å². The average molecular weight is 491 g/mol. The van der Waals surface area contributed by atoms with E-state index in [1.54, 1.807) is 18.1 Å². The van der Waals surface area contributed by atoms with E-state index in [9.17, 15) is 4.79 Å². The fourth-order valence-corrected chi connectivity index (χ4v) is 4.53. The SMILES string of the molecule is COc1ccccc1NC(=O)N1CCN(c2ccc(Cl)cc2Cl)C(c2ccc(Cl)cc2)C1. The van der Waals surface area contributed by atoms with E-state index < -0.39 is 0 Å². The number of urea groups is 1. The first-order valence-electron chi connectivity index (χ1n) is 10.1. The second kappa shape index (κ2) is 9.90. The molecule has 3 aromatic carbocycles. The summed E-state index contributed by atoms with van der Waals surface area (Å²) in [5.74, 6) is 0.613. The van der Waals surface area contributed by atoms with E-state index in [0.717, 1.165) is 11.3 Å². The van der Waals surface area contributed by atoms with Crippen LogP contribution in [0.25, 0.3) is 0 Å². The van der Waals surface area contributed by atoms with Crippen LogP contribution in [0.5, 0.6) is 5.75 Å². The molecule has 0 radical (unpaired) electrons. The van der Waals surface area contributed by atoms with Gasteiger partial charge < -0.3 is 19.9 Å². The van der Waals surface area contributed by atoms with E-state index in [1.165, 1.54) is 0 Å². The van der Waals surface area contributed by atoms with Crippen molar-refractivity contribution in [1.29, 1.82) is 0 Å². The van der Waals surface area contributed by atoms with Crippen LogP contribution in [0.1, 0.15) is 11.6 Å². The summed E-state index contributed by atoms with van der Waals surface area (Å²) in [5, 5.41) is 4.78. The maximum atomic E-state index is 13.1. The van der Waals surface area contributed by atoms with E-state index >= 15 is 0 Å². The Morgan fingerprint density at radius 1 is 0.969 bits per heavy atom. The second-order valence-corrected chi connectivity index (χ2v) is 8.71. The van der Waals surface area contributed by atoms with E-state index in [-0.39, 0.29) is 12.1 Å². The Morgan fingerprint density at radius 2 is 1.69 bits per heavy atom. The van der Waals surface area contributed by atoms with Crippen LogP contribution in [0, 0.1) is 0 Å². The molecule has 5 nitrogen and oxygen atoms in total. The highest BCUT2D eigenvalue weighted by molar-refractivity contribution is 6.36. The van der Waals surface area contributed by atoms with Crippen molar-refractivity contribution in [3.05, 3.63) is 87.4 Å². The molecule has 4 rings (SSSR count). The normalized spacial score (nSPS) is 16.1. The molecule has 3 aromatic rings. The molecule has 0 aromatic heterocycles. The first-order chi connectivity index (χ1) is 15.5. The van der Waals surface area contributed by atoms with Gasteiger partial charge in [0.2, 0.25) is 0 Å². The molecule has 2 amide bonds. The second-order valence-electron chi connectivity index (χ2n) is 7.43. The molecule has 1 N–H and O–H groups in total. The number of nitrogens with one attached hydrogen (secondary N) is 1. The summed E-state index contributed by atoms with van der Waals surface area (Å²) >= 11 is 18.7. The number of carbonyl (C=O) groups is 1. The van der Waals surface area contributed by atoms with Crippen LogP contribution in [0.3, 0.4) is 0 Å². The number of piperazine rings is 1. The molecule has 1 aliphatic rings. The molecule has 0 aliphatic carbocycles. The zero-order valence-electron chi connectivity index (χ0n) is 17.4. The highest BCUT2D eigenvalue weighted by atomic mass is 35.5. The van der Waals surface area contributed by atoms with Gasteiger partial charge >= 0.3 is 6.03 Å². The van der Waals surface area contributed by atoms with Gasteiger partial charge in [0.05, 0.1) is 29.5 Å². The van der Waals surface area contributed by atoms with E-state index in [1.807, 2.05) is 60.7 Å². The average Bonchev–Trinajstić information content (AvgIpc) is 2.80. The maximum absolute atomic E-state index is 13.1. The molecule has 1 fully saturated rings. The number of ether oxygens (including phenoxy) is 1. The molecule has 0 bridgehead atoms. The largest absolute Gasteiger partial charge is 0.495 e. The lowest BCUT2D eigenvalue weighted by Gasteiger charge is -2.43. The number of halogens is 3. The van der Waals surface area contributed by atoms with Crippen molar-refractivity contribution < 1.29 is 9.53 Å². The summed E-state index contributed by atoms with van der Waals surface area (Å²) in [7, 11) is 1.58. The molecule has 1 heterocycles. The fourth-order valence-electron chi connectivity index (χ4n) is 3.88. The molecule has 166 valence electrons. The highest BCUT2D eigenvalue weighted by Gasteiger charge is 2.32. The number of nitrogens with zero attached hydrogens (tertiary/aromatic N) is 2. The minimum Gasteiger partial charge on any atom is -0.495 e. The summed E-state index contributed by atoms with van der Waals surface area (Å²) < 4.78 is 5.35. The third-order valence-electron chi connectivity index (χ3n) is 5.49. The summed E-state index contributed by atoms with van der Waals surface area (Å²) in [6, 6.07) is 20.2. The van der Waals surface area contributed by atoms with Crippen LogP contribution in [0.2, 0.25) is 15.1 Å². The molecule has 32 heavy (non-hydrogen) atoms. The number of methoxy groups -OCH3 is 1. The van der Waals surface area contributed by atoms with Gasteiger partial charge in [-0.3, -0.25) is 0 Å². The Hall–Kier alpha value is -2.60. The predicted octanol–water partition coefficient (Wildman–Crippen LogP) is 6.75. The Kier molecular flexibility index (Phi) is 6.99. The van der Waals surface area contributed by atoms with Gasteiger partial charge in [-0.2, -0.15) is 0 Å². The lowest BCUT2D eigenvalue weighted by molar-refractivity contribution is 0.198. The van der Waals surface area contributed by atoms with Crippen LogP contribution >= 0.6 is 34.8 Å². The standard InChI is InChI=1S/C24H22Cl3N3O2/c1-32-23-5-3-2-4-20(23)28-24(31)29-12-13-30(21-11-10-18(26)14-19(21)27)22(15-29)16-6-8-17(25)9-7-16/h2-11,14,22H,12-13,15H2,1H3,(H,28,31). The van der Waals surface area contributed by atoms with E-state index in [4.69, 9.17) is 39.5 Å². The number of para-hydroxylation sites is 2. The third-order valence-corrected chi connectivity index (χ3v) is 6.28. The van der Waals surface area contributed by atoms with Gasteiger partial charge in [0.15, 0.2) is 0 Å². The van der Waals surface area contributed by atoms with Crippen molar-refractivity contribution >= 4 is 52.2 Å². The monoisotopic (exact) mass is 489 g/mol. The molecular weight excluding hydrogens is 469 g/mol. The number of amides is 2. The maximum Gasteiger partial charge on any atom is 0.322 e. The Labute approximate surface area is 202 Å². The van der Waals surface area contributed by atoms with Crippen LogP contribution in [0.15, 0.2) is 66.7 Å². The zero-order valence-corrected chi connectivity index (χ0v) is 19.7. The summed E-state index contributed by atoms with van der Waals surface area (Å²) in [6.07, 6.45) is 0.